The summed E-state index contributed by atoms with van der Waals surface area (Å²) in [4.78, 5) is 26.5. The van der Waals surface area contributed by atoms with Crippen LogP contribution in [0.4, 0.5) is 4.39 Å². The molecule has 1 saturated heterocycles. The summed E-state index contributed by atoms with van der Waals surface area (Å²) in [7, 11) is 0. The van der Waals surface area contributed by atoms with Crippen LogP contribution >= 0.6 is 0 Å². The van der Waals surface area contributed by atoms with E-state index < -0.39 is 6.17 Å². The summed E-state index contributed by atoms with van der Waals surface area (Å²) in [5, 5.41) is 6.54. The zero-order valence-electron chi connectivity index (χ0n) is 14.7. The van der Waals surface area contributed by atoms with Crippen LogP contribution < -0.4 is 5.32 Å². The van der Waals surface area contributed by atoms with Gasteiger partial charge in [0.2, 0.25) is 5.91 Å². The molecule has 6 nitrogen and oxygen atoms in total. The van der Waals surface area contributed by atoms with Crippen LogP contribution in [-0.4, -0.2) is 47.7 Å². The van der Waals surface area contributed by atoms with Crippen molar-refractivity contribution in [3.05, 3.63) is 17.5 Å². The minimum absolute atomic E-state index is 0.130. The lowest BCUT2D eigenvalue weighted by Crippen LogP contribution is -2.40. The number of aromatic nitrogens is 1. The van der Waals surface area contributed by atoms with E-state index in [-0.39, 0.29) is 23.7 Å². The molecule has 0 radical (unpaired) electrons. The van der Waals surface area contributed by atoms with Crippen LogP contribution in [0, 0.1) is 18.8 Å². The van der Waals surface area contributed by atoms with Gasteiger partial charge in [0.05, 0.1) is 6.20 Å². The summed E-state index contributed by atoms with van der Waals surface area (Å²) in [5.41, 5.74) is 0.451. The van der Waals surface area contributed by atoms with Gasteiger partial charge in [0, 0.05) is 26.1 Å². The first-order valence-corrected chi connectivity index (χ1v) is 9.14. The molecule has 7 heteroatoms. The maximum Gasteiger partial charge on any atom is 0.256 e. The number of carbonyl (C=O) groups is 2. The summed E-state index contributed by atoms with van der Waals surface area (Å²) < 4.78 is 17.8. The minimum Gasteiger partial charge on any atom is -0.361 e. The minimum atomic E-state index is -0.717. The van der Waals surface area contributed by atoms with E-state index in [9.17, 15) is 14.0 Å². The Morgan fingerprint density at radius 2 is 2.16 bits per heavy atom. The molecule has 1 saturated carbocycles. The second kappa shape index (κ2) is 7.97. The molecule has 0 aromatic carbocycles. The number of halogens is 1. The zero-order valence-corrected chi connectivity index (χ0v) is 14.7. The van der Waals surface area contributed by atoms with E-state index in [1.807, 2.05) is 4.90 Å². The second-order valence-electron chi connectivity index (χ2n) is 7.35. The van der Waals surface area contributed by atoms with E-state index in [0.29, 0.717) is 43.7 Å². The Balaban J connectivity index is 1.48. The molecule has 1 unspecified atom stereocenters. The van der Waals surface area contributed by atoms with Gasteiger partial charge in [0.1, 0.15) is 17.5 Å². The average Bonchev–Trinajstić information content (AvgIpc) is 2.84. The van der Waals surface area contributed by atoms with Gasteiger partial charge in [-0.1, -0.05) is 11.6 Å². The van der Waals surface area contributed by atoms with Gasteiger partial charge in [-0.05, 0) is 44.4 Å². The number of hydrogen-bond donors (Lipinski definition) is 1. The van der Waals surface area contributed by atoms with Crippen LogP contribution in [0.2, 0.25) is 0 Å². The fourth-order valence-corrected chi connectivity index (χ4v) is 3.67. The highest BCUT2D eigenvalue weighted by atomic mass is 19.1. The highest BCUT2D eigenvalue weighted by Crippen LogP contribution is 2.33. The van der Waals surface area contributed by atoms with E-state index in [0.717, 1.165) is 25.8 Å². The van der Waals surface area contributed by atoms with Crippen LogP contribution in [0.3, 0.4) is 0 Å². The van der Waals surface area contributed by atoms with E-state index in [2.05, 4.69) is 10.5 Å². The third-order valence-electron chi connectivity index (χ3n) is 5.31. The number of likely N-dealkylation sites (tertiary alicyclic amines) is 1. The quantitative estimate of drug-likeness (QED) is 0.884. The number of nitrogens with zero attached hydrogens (tertiary/aromatic N) is 2. The number of alkyl halides is 1. The predicted octanol–water partition coefficient (Wildman–Crippen LogP) is 2.48. The lowest BCUT2D eigenvalue weighted by Gasteiger charge is -2.32. The summed E-state index contributed by atoms with van der Waals surface area (Å²) in [5.74, 6) is 0.891. The van der Waals surface area contributed by atoms with E-state index in [1.54, 1.807) is 6.92 Å². The molecular weight excluding hydrogens is 325 g/mol. The number of rotatable bonds is 5. The lowest BCUT2D eigenvalue weighted by atomic mass is 9.81. The predicted molar refractivity (Wildman–Crippen MR) is 89.7 cm³/mol. The molecule has 0 spiro atoms. The molecule has 1 aromatic heterocycles. The normalized spacial score (nSPS) is 26.6. The number of nitrogens with one attached hydrogen (secondary N) is 1. The summed E-state index contributed by atoms with van der Waals surface area (Å²) in [6.07, 6.45) is 5.23. The van der Waals surface area contributed by atoms with E-state index in [4.69, 9.17) is 4.52 Å². The van der Waals surface area contributed by atoms with Crippen LogP contribution in [0.5, 0.6) is 0 Å². The Morgan fingerprint density at radius 3 is 2.84 bits per heavy atom. The van der Waals surface area contributed by atoms with Crippen molar-refractivity contribution >= 4 is 11.8 Å². The van der Waals surface area contributed by atoms with Gasteiger partial charge >= 0.3 is 0 Å². The fourth-order valence-electron chi connectivity index (χ4n) is 3.67. The third kappa shape index (κ3) is 4.58. The largest absolute Gasteiger partial charge is 0.361 e. The summed E-state index contributed by atoms with van der Waals surface area (Å²) >= 11 is 0. The van der Waals surface area contributed by atoms with Crippen molar-refractivity contribution in [1.29, 1.82) is 0 Å². The molecule has 2 heterocycles. The van der Waals surface area contributed by atoms with Gasteiger partial charge in [-0.15, -0.1) is 0 Å². The highest BCUT2D eigenvalue weighted by Gasteiger charge is 2.32. The van der Waals surface area contributed by atoms with Crippen LogP contribution in [0.15, 0.2) is 10.7 Å². The van der Waals surface area contributed by atoms with Crippen molar-refractivity contribution in [2.45, 2.75) is 51.6 Å². The average molecular weight is 351 g/mol. The van der Waals surface area contributed by atoms with Gasteiger partial charge in [-0.25, -0.2) is 4.39 Å². The lowest BCUT2D eigenvalue weighted by molar-refractivity contribution is -0.133. The van der Waals surface area contributed by atoms with Crippen molar-refractivity contribution in [2.75, 3.05) is 19.6 Å². The van der Waals surface area contributed by atoms with Crippen molar-refractivity contribution in [1.82, 2.24) is 15.4 Å². The molecule has 1 N–H and O–H groups in total. The topological polar surface area (TPSA) is 75.4 Å². The first-order valence-electron chi connectivity index (χ1n) is 9.14. The Morgan fingerprint density at radius 1 is 1.36 bits per heavy atom. The number of hydrogen-bond acceptors (Lipinski definition) is 4. The smallest absolute Gasteiger partial charge is 0.256 e. The Kier molecular flexibility index (Phi) is 5.71. The second-order valence-corrected chi connectivity index (χ2v) is 7.35. The molecule has 2 amide bonds. The molecule has 2 fully saturated rings. The van der Waals surface area contributed by atoms with Crippen LogP contribution in [-0.2, 0) is 4.79 Å². The van der Waals surface area contributed by atoms with Gasteiger partial charge < -0.3 is 14.7 Å². The Labute approximate surface area is 147 Å². The maximum absolute atomic E-state index is 12.9. The monoisotopic (exact) mass is 351 g/mol. The summed E-state index contributed by atoms with van der Waals surface area (Å²) in [6, 6.07) is 0. The first kappa shape index (κ1) is 17.9. The standard InChI is InChI=1S/C18H26FN3O3/c1-12-16(10-21-25-12)18(24)20-9-13-4-2-3-5-22(11-13)17(23)8-14-6-15(19)7-14/h10,13-15H,2-9,11H2,1H3,(H,20,24). The fraction of sp³-hybridized carbons (Fsp3) is 0.722. The third-order valence-corrected chi connectivity index (χ3v) is 5.31. The van der Waals surface area contributed by atoms with Gasteiger partial charge in [-0.3, -0.25) is 9.59 Å². The molecule has 25 heavy (non-hydrogen) atoms. The SMILES string of the molecule is Cc1oncc1C(=O)NCC1CCCCN(C(=O)CC2CC(F)C2)C1. The van der Waals surface area contributed by atoms with Crippen molar-refractivity contribution in [3.8, 4) is 0 Å². The number of aryl methyl sites for hydroxylation is 1. The molecule has 3 rings (SSSR count). The first-order chi connectivity index (χ1) is 12.0. The molecule has 1 atom stereocenters. The molecule has 1 aromatic rings. The van der Waals surface area contributed by atoms with Gasteiger partial charge in [0.25, 0.3) is 5.91 Å². The number of amides is 2. The molecule has 138 valence electrons. The maximum atomic E-state index is 12.9. The van der Waals surface area contributed by atoms with Crippen molar-refractivity contribution in [2.24, 2.45) is 11.8 Å². The van der Waals surface area contributed by atoms with Crippen LogP contribution in [0.25, 0.3) is 0 Å². The molecule has 1 aliphatic carbocycles. The van der Waals surface area contributed by atoms with Crippen molar-refractivity contribution in [3.63, 3.8) is 0 Å². The highest BCUT2D eigenvalue weighted by molar-refractivity contribution is 5.94. The molecule has 2 aliphatic rings. The molecule has 1 aliphatic heterocycles. The molecule has 0 bridgehead atoms. The van der Waals surface area contributed by atoms with Gasteiger partial charge in [-0.2, -0.15) is 0 Å². The zero-order chi connectivity index (χ0) is 17.8. The number of carbonyl (C=O) groups excluding carboxylic acids is 2. The van der Waals surface area contributed by atoms with Crippen LogP contribution in [0.1, 0.15) is 54.6 Å². The van der Waals surface area contributed by atoms with Crippen molar-refractivity contribution < 1.29 is 18.5 Å². The van der Waals surface area contributed by atoms with Gasteiger partial charge in [0.15, 0.2) is 0 Å². The van der Waals surface area contributed by atoms with E-state index >= 15 is 0 Å². The Bertz CT molecular complexity index is 612. The summed E-state index contributed by atoms with van der Waals surface area (Å²) in [6.45, 7) is 3.66. The van der Waals surface area contributed by atoms with E-state index in [1.165, 1.54) is 6.20 Å². The molecular formula is C18H26FN3O3. The Hall–Kier alpha value is -1.92.